The summed E-state index contributed by atoms with van der Waals surface area (Å²) in [4.78, 5) is 0. The smallest absolute Gasteiger partial charge is 0.142 e. The lowest BCUT2D eigenvalue weighted by Gasteiger charge is -2.29. The van der Waals surface area contributed by atoms with Crippen LogP contribution in [0.5, 0.6) is 0 Å². The summed E-state index contributed by atoms with van der Waals surface area (Å²) in [6.45, 7) is 0. The van der Waals surface area contributed by atoms with Crippen LogP contribution in [0.25, 0.3) is 54.6 Å². The normalized spacial score (nSPS) is 16.6. The van der Waals surface area contributed by atoms with Crippen LogP contribution >= 0.6 is 0 Å². The Hall–Kier alpha value is -4.46. The van der Waals surface area contributed by atoms with Crippen LogP contribution in [0, 0.1) is 0 Å². The summed E-state index contributed by atoms with van der Waals surface area (Å²) < 4.78 is 0. The molecule has 0 amide bonds. The lowest BCUT2D eigenvalue weighted by Crippen LogP contribution is -2.26. The predicted octanol–water partition coefficient (Wildman–Crippen LogP) is 8.52. The highest BCUT2D eigenvalue weighted by atomic mass is 16.3. The molecule has 1 N–H and O–H groups in total. The van der Waals surface area contributed by atoms with Crippen molar-refractivity contribution in [1.82, 2.24) is 0 Å². The average Bonchev–Trinajstić information content (AvgIpc) is 3.22. The van der Waals surface area contributed by atoms with Crippen molar-refractivity contribution in [3.8, 4) is 22.3 Å². The SMILES string of the molecule is OC1(c2ccccc2)c2ccccc2-c2cccc(-c3ccc4ccc5cccc6ccc3c4c56)c21. The van der Waals surface area contributed by atoms with Crippen molar-refractivity contribution in [1.29, 1.82) is 0 Å². The van der Waals surface area contributed by atoms with Gasteiger partial charge in [0.15, 0.2) is 0 Å². The van der Waals surface area contributed by atoms with E-state index in [0.717, 1.165) is 38.9 Å². The standard InChI is InChI=1S/C35H22O/c36-35(25-10-2-1-3-11-25)31-15-5-4-12-27(31)30-14-7-13-29(34(30)35)26-20-18-24-17-16-22-8-6-9-23-19-21-28(26)33(24)32(22)23/h1-21,36H. The maximum atomic E-state index is 12.7. The summed E-state index contributed by atoms with van der Waals surface area (Å²) in [7, 11) is 0. The second-order valence-electron chi connectivity index (χ2n) is 9.82. The molecule has 0 fully saturated rings. The molecule has 1 unspecified atom stereocenters. The second-order valence-corrected chi connectivity index (χ2v) is 9.82. The molecule has 0 spiro atoms. The lowest BCUT2D eigenvalue weighted by atomic mass is 9.79. The summed E-state index contributed by atoms with van der Waals surface area (Å²) in [5.41, 5.74) is 5.99. The lowest BCUT2D eigenvalue weighted by molar-refractivity contribution is 0.131. The van der Waals surface area contributed by atoms with Gasteiger partial charge < -0.3 is 5.11 Å². The molecule has 0 heterocycles. The summed E-state index contributed by atoms with van der Waals surface area (Å²) in [6.07, 6.45) is 0. The van der Waals surface area contributed by atoms with Crippen LogP contribution < -0.4 is 0 Å². The van der Waals surface area contributed by atoms with Gasteiger partial charge in [0.1, 0.15) is 5.60 Å². The Labute approximate surface area is 209 Å². The molecular formula is C35H22O. The molecule has 0 bridgehead atoms. The van der Waals surface area contributed by atoms with Crippen molar-refractivity contribution in [2.24, 2.45) is 0 Å². The van der Waals surface area contributed by atoms with Crippen molar-refractivity contribution >= 4 is 32.3 Å². The zero-order chi connectivity index (χ0) is 23.9. The largest absolute Gasteiger partial charge is 0.376 e. The third kappa shape index (κ3) is 2.43. The van der Waals surface area contributed by atoms with Crippen molar-refractivity contribution in [3.05, 3.63) is 144 Å². The molecule has 7 aromatic carbocycles. The summed E-state index contributed by atoms with van der Waals surface area (Å²) in [5.74, 6) is 0. The van der Waals surface area contributed by atoms with Gasteiger partial charge in [-0.05, 0) is 60.1 Å². The molecule has 36 heavy (non-hydrogen) atoms. The van der Waals surface area contributed by atoms with Crippen LogP contribution in [0.1, 0.15) is 16.7 Å². The Balaban J connectivity index is 1.51. The molecule has 1 aliphatic carbocycles. The number of rotatable bonds is 2. The number of aliphatic hydroxyl groups is 1. The zero-order valence-corrected chi connectivity index (χ0v) is 19.6. The quantitative estimate of drug-likeness (QED) is 0.257. The average molecular weight is 459 g/mol. The third-order valence-electron chi connectivity index (χ3n) is 8.04. The van der Waals surface area contributed by atoms with E-state index in [2.05, 4.69) is 91.0 Å². The first-order valence-electron chi connectivity index (χ1n) is 12.4. The maximum absolute atomic E-state index is 12.7. The van der Waals surface area contributed by atoms with Crippen molar-refractivity contribution in [3.63, 3.8) is 0 Å². The van der Waals surface area contributed by atoms with E-state index < -0.39 is 5.60 Å². The molecule has 1 atom stereocenters. The molecule has 1 heteroatoms. The molecule has 1 aliphatic rings. The molecule has 0 aromatic heterocycles. The van der Waals surface area contributed by atoms with E-state index in [-0.39, 0.29) is 0 Å². The highest BCUT2D eigenvalue weighted by Crippen LogP contribution is 2.54. The Morgan fingerprint density at radius 1 is 0.417 bits per heavy atom. The molecule has 7 aromatic rings. The van der Waals surface area contributed by atoms with E-state index in [1.807, 2.05) is 36.4 Å². The number of benzene rings is 7. The van der Waals surface area contributed by atoms with Crippen LogP contribution in [0.2, 0.25) is 0 Å². The molecule has 0 saturated carbocycles. The molecule has 1 nitrogen and oxygen atoms in total. The van der Waals surface area contributed by atoms with Crippen LogP contribution in [0.4, 0.5) is 0 Å². The van der Waals surface area contributed by atoms with Gasteiger partial charge in [-0.3, -0.25) is 0 Å². The number of hydrogen-bond acceptors (Lipinski definition) is 1. The first-order valence-corrected chi connectivity index (χ1v) is 12.4. The summed E-state index contributed by atoms with van der Waals surface area (Å²) >= 11 is 0. The van der Waals surface area contributed by atoms with Gasteiger partial charge in [-0.15, -0.1) is 0 Å². The highest BCUT2D eigenvalue weighted by molar-refractivity contribution is 6.25. The van der Waals surface area contributed by atoms with Gasteiger partial charge in [0.2, 0.25) is 0 Å². The fourth-order valence-corrected chi connectivity index (χ4v) is 6.51. The molecule has 0 saturated heterocycles. The Kier molecular flexibility index (Phi) is 3.87. The van der Waals surface area contributed by atoms with Gasteiger partial charge in [0.25, 0.3) is 0 Å². The molecule has 8 rings (SSSR count). The molecule has 168 valence electrons. The van der Waals surface area contributed by atoms with Crippen molar-refractivity contribution in [2.75, 3.05) is 0 Å². The van der Waals surface area contributed by atoms with E-state index in [4.69, 9.17) is 0 Å². The summed E-state index contributed by atoms with van der Waals surface area (Å²) in [6, 6.07) is 44.7. The van der Waals surface area contributed by atoms with E-state index >= 15 is 0 Å². The van der Waals surface area contributed by atoms with E-state index in [1.165, 1.54) is 32.3 Å². The Morgan fingerprint density at radius 2 is 1.00 bits per heavy atom. The first-order chi connectivity index (χ1) is 17.7. The van der Waals surface area contributed by atoms with Crippen LogP contribution in [0.3, 0.4) is 0 Å². The minimum absolute atomic E-state index is 0.890. The van der Waals surface area contributed by atoms with Crippen molar-refractivity contribution < 1.29 is 5.11 Å². The van der Waals surface area contributed by atoms with Crippen molar-refractivity contribution in [2.45, 2.75) is 5.60 Å². The second kappa shape index (κ2) is 7.04. The van der Waals surface area contributed by atoms with Gasteiger partial charge in [0.05, 0.1) is 0 Å². The fraction of sp³-hybridized carbons (Fsp3) is 0.0286. The minimum atomic E-state index is -1.23. The Morgan fingerprint density at radius 3 is 1.81 bits per heavy atom. The van der Waals surface area contributed by atoms with Gasteiger partial charge in [0, 0.05) is 11.1 Å². The predicted molar refractivity (Wildman–Crippen MR) is 150 cm³/mol. The van der Waals surface area contributed by atoms with Gasteiger partial charge >= 0.3 is 0 Å². The van der Waals surface area contributed by atoms with E-state index in [1.54, 1.807) is 0 Å². The zero-order valence-electron chi connectivity index (χ0n) is 19.6. The van der Waals surface area contributed by atoms with E-state index in [0.29, 0.717) is 0 Å². The third-order valence-corrected chi connectivity index (χ3v) is 8.04. The molecular weight excluding hydrogens is 436 g/mol. The maximum Gasteiger partial charge on any atom is 0.142 e. The van der Waals surface area contributed by atoms with Gasteiger partial charge in [-0.25, -0.2) is 0 Å². The van der Waals surface area contributed by atoms with Gasteiger partial charge in [-0.2, -0.15) is 0 Å². The van der Waals surface area contributed by atoms with Gasteiger partial charge in [-0.1, -0.05) is 127 Å². The highest BCUT2D eigenvalue weighted by Gasteiger charge is 2.44. The number of fused-ring (bicyclic) bond motifs is 3. The first kappa shape index (κ1) is 19.8. The monoisotopic (exact) mass is 458 g/mol. The van der Waals surface area contributed by atoms with Crippen LogP contribution in [-0.4, -0.2) is 5.11 Å². The van der Waals surface area contributed by atoms with Crippen LogP contribution in [-0.2, 0) is 5.60 Å². The Bertz CT molecular complexity index is 1930. The summed E-state index contributed by atoms with van der Waals surface area (Å²) in [5, 5.41) is 20.2. The molecule has 0 aliphatic heterocycles. The fourth-order valence-electron chi connectivity index (χ4n) is 6.51. The minimum Gasteiger partial charge on any atom is -0.376 e. The topological polar surface area (TPSA) is 20.2 Å². The van der Waals surface area contributed by atoms with E-state index in [9.17, 15) is 5.11 Å². The van der Waals surface area contributed by atoms with Crippen LogP contribution in [0.15, 0.2) is 127 Å². The molecule has 0 radical (unpaired) electrons. The number of hydrogen-bond donors (Lipinski definition) is 1.